The van der Waals surface area contributed by atoms with E-state index in [0.29, 0.717) is 11.9 Å². The zero-order valence-corrected chi connectivity index (χ0v) is 10.6. The van der Waals surface area contributed by atoms with E-state index in [1.165, 1.54) is 11.1 Å². The number of pyridine rings is 1. The van der Waals surface area contributed by atoms with Crippen LogP contribution in [-0.4, -0.2) is 11.5 Å². The van der Waals surface area contributed by atoms with Crippen LogP contribution in [0.25, 0.3) is 0 Å². The molecule has 2 aromatic rings. The Morgan fingerprint density at radius 3 is 2.67 bits per heavy atom. The molecule has 0 radical (unpaired) electrons. The fourth-order valence-corrected chi connectivity index (χ4v) is 2.10. The molecule has 0 saturated carbocycles. The van der Waals surface area contributed by atoms with Gasteiger partial charge < -0.3 is 11.1 Å². The van der Waals surface area contributed by atoms with Crippen molar-refractivity contribution in [2.45, 2.75) is 19.4 Å². The largest absolute Gasteiger partial charge is 0.384 e. The van der Waals surface area contributed by atoms with Gasteiger partial charge in [-0.3, -0.25) is 0 Å². The highest BCUT2D eigenvalue weighted by Crippen LogP contribution is 2.18. The topological polar surface area (TPSA) is 50.9 Å². The molecule has 2 rings (SSSR count). The number of anilines is 1. The third kappa shape index (κ3) is 3.31. The monoisotopic (exact) mass is 241 g/mol. The first-order chi connectivity index (χ1) is 8.79. The molecule has 1 unspecified atom stereocenters. The van der Waals surface area contributed by atoms with E-state index >= 15 is 0 Å². The molecule has 3 N–H and O–H groups in total. The normalized spacial score (nSPS) is 12.3. The third-order valence-electron chi connectivity index (χ3n) is 2.94. The molecular formula is C15H19N3. The maximum atomic E-state index is 5.72. The standard InChI is InChI=1S/C15H19N3/c1-2-17-14(13-6-4-3-5-7-13)10-12-8-9-18-15(16)11-12/h3-9,11,14,17H,2,10H2,1H3,(H2,16,18). The van der Waals surface area contributed by atoms with Gasteiger partial charge in [-0.05, 0) is 36.2 Å². The smallest absolute Gasteiger partial charge is 0.123 e. The van der Waals surface area contributed by atoms with Crippen molar-refractivity contribution in [3.8, 4) is 0 Å². The highest BCUT2D eigenvalue weighted by Gasteiger charge is 2.10. The first-order valence-electron chi connectivity index (χ1n) is 6.28. The number of benzene rings is 1. The zero-order valence-electron chi connectivity index (χ0n) is 10.6. The lowest BCUT2D eigenvalue weighted by molar-refractivity contribution is 0.550. The van der Waals surface area contributed by atoms with E-state index in [4.69, 9.17) is 5.73 Å². The summed E-state index contributed by atoms with van der Waals surface area (Å²) in [6, 6.07) is 14.8. The summed E-state index contributed by atoms with van der Waals surface area (Å²) in [6.45, 7) is 3.07. The maximum absolute atomic E-state index is 5.72. The Kier molecular flexibility index (Phi) is 4.31. The number of rotatable bonds is 5. The van der Waals surface area contributed by atoms with Gasteiger partial charge in [0.1, 0.15) is 5.82 Å². The maximum Gasteiger partial charge on any atom is 0.123 e. The minimum absolute atomic E-state index is 0.318. The Morgan fingerprint density at radius 2 is 2.00 bits per heavy atom. The van der Waals surface area contributed by atoms with Crippen molar-refractivity contribution in [2.75, 3.05) is 12.3 Å². The lowest BCUT2D eigenvalue weighted by atomic mass is 9.99. The third-order valence-corrected chi connectivity index (χ3v) is 2.94. The molecule has 94 valence electrons. The predicted octanol–water partition coefficient (Wildman–Crippen LogP) is 2.56. The van der Waals surface area contributed by atoms with Gasteiger partial charge in [0.2, 0.25) is 0 Å². The van der Waals surface area contributed by atoms with Gasteiger partial charge in [-0.15, -0.1) is 0 Å². The van der Waals surface area contributed by atoms with Crippen molar-refractivity contribution in [1.82, 2.24) is 10.3 Å². The van der Waals surface area contributed by atoms with Crippen LogP contribution in [0.2, 0.25) is 0 Å². The van der Waals surface area contributed by atoms with Crippen LogP contribution in [0.4, 0.5) is 5.82 Å². The second kappa shape index (κ2) is 6.17. The molecule has 1 aromatic heterocycles. The molecule has 0 amide bonds. The van der Waals surface area contributed by atoms with Crippen molar-refractivity contribution in [3.63, 3.8) is 0 Å². The average molecular weight is 241 g/mol. The molecular weight excluding hydrogens is 222 g/mol. The van der Waals surface area contributed by atoms with Crippen molar-refractivity contribution >= 4 is 5.82 Å². The van der Waals surface area contributed by atoms with Gasteiger partial charge in [0, 0.05) is 12.2 Å². The molecule has 0 spiro atoms. The van der Waals surface area contributed by atoms with Crippen LogP contribution in [0.1, 0.15) is 24.1 Å². The van der Waals surface area contributed by atoms with Gasteiger partial charge in [0.05, 0.1) is 0 Å². The molecule has 0 saturated heterocycles. The number of nitrogens with one attached hydrogen (secondary N) is 1. The van der Waals surface area contributed by atoms with Gasteiger partial charge in [0.15, 0.2) is 0 Å². The molecule has 1 aromatic carbocycles. The molecule has 0 aliphatic heterocycles. The first-order valence-corrected chi connectivity index (χ1v) is 6.28. The highest BCUT2D eigenvalue weighted by molar-refractivity contribution is 5.33. The molecule has 1 atom stereocenters. The summed E-state index contributed by atoms with van der Waals surface area (Å²) in [5, 5.41) is 3.51. The summed E-state index contributed by atoms with van der Waals surface area (Å²) in [5.74, 6) is 0.579. The number of nitrogen functional groups attached to an aromatic ring is 1. The number of aromatic nitrogens is 1. The Balaban J connectivity index is 2.16. The summed E-state index contributed by atoms with van der Waals surface area (Å²) >= 11 is 0. The molecule has 0 fully saturated rings. The number of hydrogen-bond donors (Lipinski definition) is 2. The van der Waals surface area contributed by atoms with E-state index in [1.54, 1.807) is 6.20 Å². The fraction of sp³-hybridized carbons (Fsp3) is 0.267. The summed E-state index contributed by atoms with van der Waals surface area (Å²) in [5.41, 5.74) is 8.22. The summed E-state index contributed by atoms with van der Waals surface area (Å²) in [6.07, 6.45) is 2.68. The van der Waals surface area contributed by atoms with Crippen molar-refractivity contribution in [3.05, 3.63) is 59.8 Å². The van der Waals surface area contributed by atoms with Crippen LogP contribution in [0.3, 0.4) is 0 Å². The van der Waals surface area contributed by atoms with Crippen LogP contribution < -0.4 is 11.1 Å². The van der Waals surface area contributed by atoms with Gasteiger partial charge in [0.25, 0.3) is 0 Å². The number of nitrogens with zero attached hydrogens (tertiary/aromatic N) is 1. The summed E-state index contributed by atoms with van der Waals surface area (Å²) in [7, 11) is 0. The molecule has 0 aliphatic carbocycles. The summed E-state index contributed by atoms with van der Waals surface area (Å²) in [4.78, 5) is 4.02. The molecule has 18 heavy (non-hydrogen) atoms. The van der Waals surface area contributed by atoms with E-state index in [2.05, 4.69) is 41.5 Å². The Morgan fingerprint density at radius 1 is 1.22 bits per heavy atom. The number of likely N-dealkylation sites (N-methyl/N-ethyl adjacent to an activating group) is 1. The Bertz CT molecular complexity index is 482. The Hall–Kier alpha value is -1.87. The predicted molar refractivity (Wildman–Crippen MR) is 75.2 cm³/mol. The second-order valence-electron chi connectivity index (χ2n) is 4.31. The van der Waals surface area contributed by atoms with Crippen LogP contribution in [0, 0.1) is 0 Å². The van der Waals surface area contributed by atoms with E-state index in [9.17, 15) is 0 Å². The van der Waals surface area contributed by atoms with Gasteiger partial charge in [-0.1, -0.05) is 37.3 Å². The van der Waals surface area contributed by atoms with Crippen molar-refractivity contribution < 1.29 is 0 Å². The van der Waals surface area contributed by atoms with Crippen LogP contribution in [0.5, 0.6) is 0 Å². The highest BCUT2D eigenvalue weighted by atomic mass is 14.9. The first kappa shape index (κ1) is 12.6. The number of hydrogen-bond acceptors (Lipinski definition) is 3. The second-order valence-corrected chi connectivity index (χ2v) is 4.31. The Labute approximate surface area is 108 Å². The molecule has 3 heteroatoms. The van der Waals surface area contributed by atoms with E-state index in [-0.39, 0.29) is 0 Å². The fourth-order valence-electron chi connectivity index (χ4n) is 2.10. The quantitative estimate of drug-likeness (QED) is 0.846. The van der Waals surface area contributed by atoms with Gasteiger partial charge in [-0.2, -0.15) is 0 Å². The van der Waals surface area contributed by atoms with E-state index in [1.807, 2.05) is 18.2 Å². The van der Waals surface area contributed by atoms with Crippen LogP contribution >= 0.6 is 0 Å². The van der Waals surface area contributed by atoms with Gasteiger partial charge >= 0.3 is 0 Å². The minimum Gasteiger partial charge on any atom is -0.384 e. The van der Waals surface area contributed by atoms with Gasteiger partial charge in [-0.25, -0.2) is 4.98 Å². The van der Waals surface area contributed by atoms with E-state index < -0.39 is 0 Å². The molecule has 1 heterocycles. The molecule has 0 bridgehead atoms. The SMILES string of the molecule is CCNC(Cc1ccnc(N)c1)c1ccccc1. The minimum atomic E-state index is 0.318. The van der Waals surface area contributed by atoms with Crippen LogP contribution in [0.15, 0.2) is 48.7 Å². The lowest BCUT2D eigenvalue weighted by Crippen LogP contribution is -2.22. The van der Waals surface area contributed by atoms with E-state index in [0.717, 1.165) is 13.0 Å². The van der Waals surface area contributed by atoms with Crippen LogP contribution in [-0.2, 0) is 6.42 Å². The summed E-state index contributed by atoms with van der Waals surface area (Å²) < 4.78 is 0. The van der Waals surface area contributed by atoms with Crippen molar-refractivity contribution in [1.29, 1.82) is 0 Å². The number of nitrogens with two attached hydrogens (primary N) is 1. The molecule has 0 aliphatic rings. The average Bonchev–Trinajstić information content (AvgIpc) is 2.39. The van der Waals surface area contributed by atoms with Crippen molar-refractivity contribution in [2.24, 2.45) is 0 Å². The molecule has 3 nitrogen and oxygen atoms in total. The zero-order chi connectivity index (χ0) is 12.8. The lowest BCUT2D eigenvalue weighted by Gasteiger charge is -2.18.